The normalized spacial score (nSPS) is 11.2. The van der Waals surface area contributed by atoms with Crippen molar-refractivity contribution in [3.8, 4) is 0 Å². The Morgan fingerprint density at radius 1 is 1.03 bits per heavy atom. The van der Waals surface area contributed by atoms with Crippen molar-refractivity contribution in [3.05, 3.63) is 88.0 Å². The molecule has 4 aromatic rings. The zero-order valence-electron chi connectivity index (χ0n) is 19.5. The lowest BCUT2D eigenvalue weighted by atomic mass is 10.0. The van der Waals surface area contributed by atoms with Gasteiger partial charge in [-0.05, 0) is 54.4 Å². The number of aromatic amines is 1. The highest BCUT2D eigenvalue weighted by molar-refractivity contribution is 6.31. The summed E-state index contributed by atoms with van der Waals surface area (Å²) in [6.07, 6.45) is -2.74. The number of rotatable bonds is 7. The van der Waals surface area contributed by atoms with E-state index in [1.54, 1.807) is 30.5 Å². The number of hydrogen-bond acceptors (Lipinski definition) is 6. The number of amides is 2. The van der Waals surface area contributed by atoms with Crippen LogP contribution in [-0.4, -0.2) is 37.3 Å². The molecule has 2 heterocycles. The Bertz CT molecular complexity index is 1510. The molecule has 0 spiro atoms. The van der Waals surface area contributed by atoms with Gasteiger partial charge in [0.15, 0.2) is 5.82 Å². The van der Waals surface area contributed by atoms with Gasteiger partial charge in [0.05, 0.1) is 10.6 Å². The molecule has 10 nitrogen and oxygen atoms in total. The Hall–Kier alpha value is -4.65. The molecule has 0 bridgehead atoms. The summed E-state index contributed by atoms with van der Waals surface area (Å²) in [6, 6.07) is 10.4. The molecule has 38 heavy (non-hydrogen) atoms. The Labute approximate surface area is 218 Å². The first-order valence-corrected chi connectivity index (χ1v) is 11.3. The van der Waals surface area contributed by atoms with Gasteiger partial charge in [-0.3, -0.25) is 5.10 Å². The molecule has 14 heteroatoms. The van der Waals surface area contributed by atoms with Gasteiger partial charge < -0.3 is 21.1 Å². The van der Waals surface area contributed by atoms with Crippen molar-refractivity contribution in [1.82, 2.24) is 20.2 Å². The van der Waals surface area contributed by atoms with Crippen LogP contribution in [0, 0.1) is 6.92 Å². The van der Waals surface area contributed by atoms with Gasteiger partial charge in [0.1, 0.15) is 17.3 Å². The van der Waals surface area contributed by atoms with Gasteiger partial charge in [-0.1, -0.05) is 17.7 Å². The average Bonchev–Trinajstić information content (AvgIpc) is 3.30. The Morgan fingerprint density at radius 3 is 2.39 bits per heavy atom. The molecular weight excluding hydrogens is 527 g/mol. The number of hydrogen-bond donors (Lipinski definition) is 5. The number of halogens is 4. The number of urea groups is 1. The fourth-order valence-corrected chi connectivity index (χ4v) is 3.66. The number of carboxylic acid groups (broad SMARTS) is 1. The van der Waals surface area contributed by atoms with Crippen molar-refractivity contribution in [1.29, 1.82) is 0 Å². The van der Waals surface area contributed by atoms with E-state index >= 15 is 0 Å². The molecule has 196 valence electrons. The number of aromatic nitrogens is 4. The number of H-pyrrole nitrogens is 1. The lowest BCUT2D eigenvalue weighted by molar-refractivity contribution is -0.137. The molecule has 4 rings (SSSR count). The largest absolute Gasteiger partial charge is 0.477 e. The number of carbonyl (C=O) groups excluding carboxylic acids is 1. The van der Waals surface area contributed by atoms with Gasteiger partial charge in [-0.15, -0.1) is 0 Å². The van der Waals surface area contributed by atoms with Crippen LogP contribution in [0.5, 0.6) is 0 Å². The van der Waals surface area contributed by atoms with Crippen LogP contribution in [0.3, 0.4) is 0 Å². The third kappa shape index (κ3) is 6.56. The lowest BCUT2D eigenvalue weighted by Crippen LogP contribution is -2.20. The van der Waals surface area contributed by atoms with Crippen molar-refractivity contribution < 1.29 is 27.9 Å². The average molecular weight is 546 g/mol. The summed E-state index contributed by atoms with van der Waals surface area (Å²) in [4.78, 5) is 32.0. The molecule has 0 saturated carbocycles. The molecule has 0 aliphatic heterocycles. The topological polar surface area (TPSA) is 145 Å². The van der Waals surface area contributed by atoms with E-state index in [0.29, 0.717) is 23.8 Å². The SMILES string of the molecule is Cc1cc(NC(=O)Nc2ccc(Cl)c(C(F)(F)F)c2)ccc1Cc1nccc(Nc2cc(C(=O)O)[nH]n2)n1. The van der Waals surface area contributed by atoms with Gasteiger partial charge in [-0.2, -0.15) is 18.3 Å². The molecule has 0 radical (unpaired) electrons. The van der Waals surface area contributed by atoms with Crippen molar-refractivity contribution in [3.63, 3.8) is 0 Å². The highest BCUT2D eigenvalue weighted by Gasteiger charge is 2.33. The fraction of sp³-hybridized carbons (Fsp3) is 0.125. The van der Waals surface area contributed by atoms with Crippen molar-refractivity contribution >= 4 is 46.6 Å². The first-order valence-electron chi connectivity index (χ1n) is 10.9. The molecule has 0 aliphatic rings. The van der Waals surface area contributed by atoms with Crippen LogP contribution >= 0.6 is 11.6 Å². The molecule has 0 fully saturated rings. The molecule has 0 atom stereocenters. The standard InChI is InChI=1S/C24H19ClF3N7O3/c1-12-8-14(30-23(38)31-15-4-5-17(25)16(10-15)24(26,27)28)3-2-13(12)9-20-29-7-6-19(32-20)33-21-11-18(22(36)37)34-35-21/h2-8,10-11H,9H2,1H3,(H,36,37)(H2,30,31,38)(H2,29,32,33,34,35). The third-order valence-corrected chi connectivity index (χ3v) is 5.58. The fourth-order valence-electron chi connectivity index (χ4n) is 3.44. The predicted molar refractivity (Wildman–Crippen MR) is 134 cm³/mol. The van der Waals surface area contributed by atoms with Gasteiger partial charge in [0.25, 0.3) is 0 Å². The van der Waals surface area contributed by atoms with E-state index < -0.39 is 28.8 Å². The highest BCUT2D eigenvalue weighted by Crippen LogP contribution is 2.36. The van der Waals surface area contributed by atoms with Crippen LogP contribution < -0.4 is 16.0 Å². The molecule has 0 saturated heterocycles. The number of nitrogens with one attached hydrogen (secondary N) is 4. The van der Waals surface area contributed by atoms with Crippen LogP contribution in [0.25, 0.3) is 0 Å². The van der Waals surface area contributed by atoms with Gasteiger partial charge in [0.2, 0.25) is 0 Å². The maximum atomic E-state index is 13.1. The Kier molecular flexibility index (Phi) is 7.48. The van der Waals surface area contributed by atoms with E-state index in [1.165, 1.54) is 12.1 Å². The molecule has 0 unspecified atom stereocenters. The zero-order chi connectivity index (χ0) is 27.4. The van der Waals surface area contributed by atoms with E-state index in [-0.39, 0.29) is 17.2 Å². The van der Waals surface area contributed by atoms with E-state index in [2.05, 4.69) is 36.1 Å². The second-order valence-electron chi connectivity index (χ2n) is 8.04. The zero-order valence-corrected chi connectivity index (χ0v) is 20.3. The van der Waals surface area contributed by atoms with Crippen molar-refractivity contribution in [2.75, 3.05) is 16.0 Å². The van der Waals surface area contributed by atoms with Crippen LogP contribution in [0.1, 0.15) is 33.0 Å². The summed E-state index contributed by atoms with van der Waals surface area (Å²) >= 11 is 5.61. The number of nitrogens with zero attached hydrogens (tertiary/aromatic N) is 3. The molecule has 0 aliphatic carbocycles. The molecule has 5 N–H and O–H groups in total. The van der Waals surface area contributed by atoms with E-state index in [0.717, 1.165) is 23.3 Å². The van der Waals surface area contributed by atoms with E-state index in [9.17, 15) is 22.8 Å². The second kappa shape index (κ2) is 10.8. The number of aromatic carboxylic acids is 1. The minimum atomic E-state index is -4.65. The summed E-state index contributed by atoms with van der Waals surface area (Å²) in [6.45, 7) is 1.83. The minimum Gasteiger partial charge on any atom is -0.477 e. The number of carbonyl (C=O) groups is 2. The second-order valence-corrected chi connectivity index (χ2v) is 8.45. The summed E-state index contributed by atoms with van der Waals surface area (Å²) in [5, 5.41) is 22.6. The first-order chi connectivity index (χ1) is 18.0. The number of benzene rings is 2. The van der Waals surface area contributed by atoms with Gasteiger partial charge in [-0.25, -0.2) is 19.6 Å². The smallest absolute Gasteiger partial charge is 0.417 e. The van der Waals surface area contributed by atoms with E-state index in [4.69, 9.17) is 16.7 Å². The third-order valence-electron chi connectivity index (χ3n) is 5.25. The number of anilines is 4. The van der Waals surface area contributed by atoms with Crippen LogP contribution in [0.15, 0.2) is 54.7 Å². The van der Waals surface area contributed by atoms with Gasteiger partial charge in [0, 0.05) is 30.1 Å². The van der Waals surface area contributed by atoms with Crippen LogP contribution in [-0.2, 0) is 12.6 Å². The Morgan fingerprint density at radius 2 is 1.74 bits per heavy atom. The lowest BCUT2D eigenvalue weighted by Gasteiger charge is -2.13. The molecule has 2 amide bonds. The summed E-state index contributed by atoms with van der Waals surface area (Å²) in [5.41, 5.74) is 0.930. The highest BCUT2D eigenvalue weighted by atomic mass is 35.5. The first kappa shape index (κ1) is 26.4. The number of aryl methyl sites for hydroxylation is 1. The van der Waals surface area contributed by atoms with Crippen LogP contribution in [0.4, 0.5) is 41.0 Å². The quantitative estimate of drug-likeness (QED) is 0.196. The monoisotopic (exact) mass is 545 g/mol. The predicted octanol–water partition coefficient (Wildman–Crippen LogP) is 5.86. The number of carboxylic acids is 1. The summed E-state index contributed by atoms with van der Waals surface area (Å²) < 4.78 is 39.2. The molecular formula is C24H19ClF3N7O3. The summed E-state index contributed by atoms with van der Waals surface area (Å²) in [7, 11) is 0. The summed E-state index contributed by atoms with van der Waals surface area (Å²) in [5.74, 6) is 0.0428. The Balaban J connectivity index is 1.40. The van der Waals surface area contributed by atoms with Gasteiger partial charge >= 0.3 is 18.2 Å². The number of alkyl halides is 3. The van der Waals surface area contributed by atoms with Crippen molar-refractivity contribution in [2.45, 2.75) is 19.5 Å². The molecule has 2 aromatic heterocycles. The van der Waals surface area contributed by atoms with Crippen molar-refractivity contribution in [2.24, 2.45) is 0 Å². The maximum absolute atomic E-state index is 13.1. The van der Waals surface area contributed by atoms with Crippen LogP contribution in [0.2, 0.25) is 5.02 Å². The maximum Gasteiger partial charge on any atom is 0.417 e. The van der Waals surface area contributed by atoms with E-state index in [1.807, 2.05) is 6.92 Å². The minimum absolute atomic E-state index is 0.0627. The molecule has 2 aromatic carbocycles.